The molecule has 0 saturated heterocycles. The van der Waals surface area contributed by atoms with Crippen LogP contribution in [0.25, 0.3) is 0 Å². The van der Waals surface area contributed by atoms with Gasteiger partial charge in [0.25, 0.3) is 0 Å². The number of carbonyl (C=O) groups excluding carboxylic acids is 1. The van der Waals surface area contributed by atoms with Gasteiger partial charge in [-0.05, 0) is 12.1 Å². The van der Waals surface area contributed by atoms with Crippen LogP contribution in [0.1, 0.15) is 10.4 Å². The van der Waals surface area contributed by atoms with Gasteiger partial charge in [0.05, 0.1) is 11.6 Å². The number of anilines is 1. The number of rotatable bonds is 3. The molecule has 0 unspecified atom stereocenters. The molecule has 0 saturated carbocycles. The zero-order chi connectivity index (χ0) is 10.6. The van der Waals surface area contributed by atoms with Crippen LogP contribution in [0.4, 0.5) is 5.69 Å². The normalized spacial score (nSPS) is 9.86. The first-order chi connectivity index (χ1) is 6.66. The molecule has 5 heteroatoms. The van der Waals surface area contributed by atoms with Crippen LogP contribution in [0.2, 0.25) is 5.02 Å². The van der Waals surface area contributed by atoms with Crippen LogP contribution in [0.5, 0.6) is 0 Å². The Bertz CT molecular complexity index is 321. The van der Waals surface area contributed by atoms with Crippen molar-refractivity contribution >= 4 is 23.3 Å². The molecule has 0 aromatic heterocycles. The van der Waals surface area contributed by atoms with Crippen LogP contribution < -0.4 is 5.73 Å². The fraction of sp³-hybridized carbons (Fsp3) is 0.222. The van der Waals surface area contributed by atoms with E-state index in [0.717, 1.165) is 0 Å². The van der Waals surface area contributed by atoms with Crippen LogP contribution in [-0.4, -0.2) is 24.3 Å². The first-order valence-electron chi connectivity index (χ1n) is 3.98. The van der Waals surface area contributed by atoms with E-state index >= 15 is 0 Å². The summed E-state index contributed by atoms with van der Waals surface area (Å²) < 4.78 is 4.69. The van der Waals surface area contributed by atoms with E-state index in [1.807, 2.05) is 0 Å². The maximum Gasteiger partial charge on any atom is 0.341 e. The van der Waals surface area contributed by atoms with Crippen molar-refractivity contribution in [2.75, 3.05) is 18.9 Å². The molecular formula is C9H10ClNO3. The van der Waals surface area contributed by atoms with Crippen LogP contribution in [0.15, 0.2) is 18.2 Å². The molecule has 76 valence electrons. The van der Waals surface area contributed by atoms with Gasteiger partial charge >= 0.3 is 5.97 Å². The highest BCUT2D eigenvalue weighted by Gasteiger charge is 2.14. The van der Waals surface area contributed by atoms with E-state index in [1.165, 1.54) is 0 Å². The van der Waals surface area contributed by atoms with Crippen molar-refractivity contribution in [1.82, 2.24) is 0 Å². The number of nitrogen functional groups attached to an aromatic ring is 1. The van der Waals surface area contributed by atoms with E-state index in [2.05, 4.69) is 4.74 Å². The van der Waals surface area contributed by atoms with E-state index in [-0.39, 0.29) is 29.5 Å². The Balaban J connectivity index is 2.89. The predicted octanol–water partition coefficient (Wildman–Crippen LogP) is 1.07. The molecule has 0 atom stereocenters. The maximum absolute atomic E-state index is 11.3. The lowest BCUT2D eigenvalue weighted by Crippen LogP contribution is -2.11. The quantitative estimate of drug-likeness (QED) is 0.585. The molecule has 0 aliphatic heterocycles. The molecule has 1 aromatic rings. The van der Waals surface area contributed by atoms with E-state index in [9.17, 15) is 4.79 Å². The summed E-state index contributed by atoms with van der Waals surface area (Å²) in [4.78, 5) is 11.3. The number of aliphatic hydroxyl groups is 1. The maximum atomic E-state index is 11.3. The van der Waals surface area contributed by atoms with Gasteiger partial charge in [0.15, 0.2) is 0 Å². The monoisotopic (exact) mass is 215 g/mol. The first kappa shape index (κ1) is 10.8. The van der Waals surface area contributed by atoms with Gasteiger partial charge in [0, 0.05) is 5.69 Å². The molecule has 0 heterocycles. The number of benzene rings is 1. The zero-order valence-corrected chi connectivity index (χ0v) is 8.12. The summed E-state index contributed by atoms with van der Waals surface area (Å²) in [7, 11) is 0. The van der Waals surface area contributed by atoms with E-state index in [0.29, 0.717) is 0 Å². The Morgan fingerprint density at radius 1 is 1.57 bits per heavy atom. The minimum Gasteiger partial charge on any atom is -0.460 e. The molecule has 0 radical (unpaired) electrons. The van der Waals surface area contributed by atoms with Crippen molar-refractivity contribution in [3.63, 3.8) is 0 Å². The molecule has 14 heavy (non-hydrogen) atoms. The van der Waals surface area contributed by atoms with E-state index in [1.54, 1.807) is 18.2 Å². The molecule has 0 aliphatic carbocycles. The summed E-state index contributed by atoms with van der Waals surface area (Å²) in [6, 6.07) is 4.75. The standard InChI is InChI=1S/C9H10ClNO3/c10-6-2-1-3-7(11)8(6)9(13)14-5-4-12/h1-3,12H,4-5,11H2. The molecule has 1 rings (SSSR count). The van der Waals surface area contributed by atoms with Gasteiger partial charge in [-0.25, -0.2) is 4.79 Å². The summed E-state index contributed by atoms with van der Waals surface area (Å²) in [5.74, 6) is -0.623. The number of esters is 1. The van der Waals surface area contributed by atoms with Crippen LogP contribution >= 0.6 is 11.6 Å². The number of carbonyl (C=O) groups is 1. The molecule has 0 amide bonds. The Hall–Kier alpha value is -1.26. The second-order valence-electron chi connectivity index (χ2n) is 2.56. The van der Waals surface area contributed by atoms with Crippen molar-refractivity contribution in [2.24, 2.45) is 0 Å². The third-order valence-electron chi connectivity index (χ3n) is 1.57. The Morgan fingerprint density at radius 2 is 2.29 bits per heavy atom. The molecular weight excluding hydrogens is 206 g/mol. The van der Waals surface area contributed by atoms with Gasteiger partial charge in [-0.1, -0.05) is 17.7 Å². The predicted molar refractivity (Wildman–Crippen MR) is 53.2 cm³/mol. The van der Waals surface area contributed by atoms with Crippen molar-refractivity contribution in [3.8, 4) is 0 Å². The van der Waals surface area contributed by atoms with Crippen LogP contribution in [-0.2, 0) is 4.74 Å². The van der Waals surface area contributed by atoms with Crippen LogP contribution in [0.3, 0.4) is 0 Å². The van der Waals surface area contributed by atoms with Gasteiger partial charge in [0.1, 0.15) is 12.2 Å². The topological polar surface area (TPSA) is 72.6 Å². The number of hydrogen-bond acceptors (Lipinski definition) is 4. The lowest BCUT2D eigenvalue weighted by molar-refractivity contribution is 0.0435. The fourth-order valence-electron chi connectivity index (χ4n) is 0.967. The second-order valence-corrected chi connectivity index (χ2v) is 2.97. The van der Waals surface area contributed by atoms with Crippen molar-refractivity contribution in [3.05, 3.63) is 28.8 Å². The number of halogens is 1. The largest absolute Gasteiger partial charge is 0.460 e. The highest BCUT2D eigenvalue weighted by Crippen LogP contribution is 2.22. The minimum absolute atomic E-state index is 0.0660. The molecule has 0 spiro atoms. The number of aliphatic hydroxyl groups excluding tert-OH is 1. The van der Waals surface area contributed by atoms with Gasteiger partial charge in [0.2, 0.25) is 0 Å². The Labute approximate surface area is 86.2 Å². The number of ether oxygens (including phenoxy) is 1. The first-order valence-corrected chi connectivity index (χ1v) is 4.36. The number of nitrogens with two attached hydrogens (primary N) is 1. The van der Waals surface area contributed by atoms with E-state index < -0.39 is 5.97 Å². The summed E-state index contributed by atoms with van der Waals surface area (Å²) >= 11 is 5.76. The Morgan fingerprint density at radius 3 is 2.86 bits per heavy atom. The van der Waals surface area contributed by atoms with Gasteiger partial charge in [-0.3, -0.25) is 0 Å². The van der Waals surface area contributed by atoms with Crippen LogP contribution in [0, 0.1) is 0 Å². The molecule has 1 aromatic carbocycles. The smallest absolute Gasteiger partial charge is 0.341 e. The number of hydrogen-bond donors (Lipinski definition) is 2. The molecule has 0 fully saturated rings. The summed E-state index contributed by atoms with van der Waals surface area (Å²) in [5, 5.41) is 8.70. The molecule has 0 aliphatic rings. The minimum atomic E-state index is -0.623. The molecule has 4 nitrogen and oxygen atoms in total. The van der Waals surface area contributed by atoms with Crippen molar-refractivity contribution in [1.29, 1.82) is 0 Å². The van der Waals surface area contributed by atoms with Gasteiger partial charge in [-0.15, -0.1) is 0 Å². The highest BCUT2D eigenvalue weighted by molar-refractivity contribution is 6.34. The lowest BCUT2D eigenvalue weighted by Gasteiger charge is -2.06. The average molecular weight is 216 g/mol. The van der Waals surface area contributed by atoms with Crippen molar-refractivity contribution < 1.29 is 14.6 Å². The zero-order valence-electron chi connectivity index (χ0n) is 7.37. The third kappa shape index (κ3) is 2.37. The molecule has 0 bridgehead atoms. The lowest BCUT2D eigenvalue weighted by atomic mass is 10.2. The Kier molecular flexibility index (Phi) is 3.73. The van der Waals surface area contributed by atoms with Gasteiger partial charge in [-0.2, -0.15) is 0 Å². The summed E-state index contributed by atoms with van der Waals surface area (Å²) in [6.07, 6.45) is 0. The second kappa shape index (κ2) is 4.83. The fourth-order valence-corrected chi connectivity index (χ4v) is 1.23. The molecule has 3 N–H and O–H groups in total. The van der Waals surface area contributed by atoms with Crippen molar-refractivity contribution in [2.45, 2.75) is 0 Å². The summed E-state index contributed by atoms with van der Waals surface area (Å²) in [6.45, 7) is -0.292. The average Bonchev–Trinajstić information content (AvgIpc) is 2.14. The SMILES string of the molecule is Nc1cccc(Cl)c1C(=O)OCCO. The highest BCUT2D eigenvalue weighted by atomic mass is 35.5. The van der Waals surface area contributed by atoms with E-state index in [4.69, 9.17) is 22.4 Å². The van der Waals surface area contributed by atoms with Gasteiger partial charge < -0.3 is 15.6 Å². The summed E-state index contributed by atoms with van der Waals surface area (Å²) in [5.41, 5.74) is 5.95. The third-order valence-corrected chi connectivity index (χ3v) is 1.89.